The molecule has 0 aliphatic carbocycles. The molecule has 27 heteroatoms. The van der Waals surface area contributed by atoms with Gasteiger partial charge in [0.15, 0.2) is 0 Å². The number of aliphatic hydroxyl groups excluding tert-OH is 7. The molecule has 0 spiro atoms. The summed E-state index contributed by atoms with van der Waals surface area (Å²) >= 11 is 0. The number of hydrogen-bond acceptors (Lipinski definition) is 20. The van der Waals surface area contributed by atoms with E-state index in [0.717, 1.165) is 55.2 Å². The van der Waals surface area contributed by atoms with Crippen molar-refractivity contribution in [1.29, 1.82) is 0 Å². The van der Waals surface area contributed by atoms with Crippen molar-refractivity contribution in [2.24, 2.45) is 29.2 Å². The molecule has 0 saturated carbocycles. The van der Waals surface area contributed by atoms with E-state index in [4.69, 9.17) is 16.7 Å². The third kappa shape index (κ3) is 20.4. The normalized spacial score (nSPS) is 28.0. The molecule has 27 nitrogen and oxygen atoms in total. The highest BCUT2D eigenvalue weighted by Crippen LogP contribution is 2.27. The second kappa shape index (κ2) is 34.2. The molecule has 0 bridgehead atoms. The fourth-order valence-corrected chi connectivity index (χ4v) is 10.2. The number of amides is 7. The average Bonchev–Trinajstić information content (AvgIpc) is 4.03. The van der Waals surface area contributed by atoms with Gasteiger partial charge < -0.3 is 93.9 Å². The molecule has 3 fully saturated rings. The lowest BCUT2D eigenvalue weighted by Gasteiger charge is -2.35. The van der Waals surface area contributed by atoms with Crippen LogP contribution in [0.3, 0.4) is 0 Å². The van der Waals surface area contributed by atoms with E-state index >= 15 is 0 Å². The van der Waals surface area contributed by atoms with Gasteiger partial charge in [-0.25, -0.2) is 5.90 Å². The minimum atomic E-state index is -2.28. The van der Waals surface area contributed by atoms with E-state index in [0.29, 0.717) is 24.7 Å². The Hall–Kier alpha value is -5.17. The molecule has 7 amide bonds. The summed E-state index contributed by atoms with van der Waals surface area (Å²) in [4.78, 5) is 102. The van der Waals surface area contributed by atoms with Crippen LogP contribution in [0.4, 0.5) is 0 Å². The van der Waals surface area contributed by atoms with Crippen molar-refractivity contribution < 1.29 is 79.6 Å². The Morgan fingerprint density at radius 2 is 1.32 bits per heavy atom. The van der Waals surface area contributed by atoms with E-state index in [1.165, 1.54) is 30.7 Å². The lowest BCUT2D eigenvalue weighted by Crippen LogP contribution is -2.65. The predicted molar refractivity (Wildman–Crippen MR) is 286 cm³/mol. The summed E-state index contributed by atoms with van der Waals surface area (Å²) in [5, 5.41) is 111. The van der Waals surface area contributed by atoms with E-state index in [1.54, 1.807) is 0 Å². The molecule has 79 heavy (non-hydrogen) atoms. The summed E-state index contributed by atoms with van der Waals surface area (Å²) in [6.07, 6.45) is -6.95. The molecule has 3 heterocycles. The third-order valence-electron chi connectivity index (χ3n) is 14.9. The van der Waals surface area contributed by atoms with Crippen molar-refractivity contribution >= 4 is 41.4 Å². The van der Waals surface area contributed by atoms with Crippen LogP contribution in [-0.4, -0.2) is 209 Å². The summed E-state index contributed by atoms with van der Waals surface area (Å²) in [5.41, 5.74) is 11.5. The number of phenolic OH excluding ortho intramolecular Hbond substituents is 1. The molecule has 450 valence electrons. The van der Waals surface area contributed by atoms with Gasteiger partial charge in [-0.3, -0.25) is 38.9 Å². The fourth-order valence-electron chi connectivity index (χ4n) is 10.2. The molecule has 3 saturated heterocycles. The molecule has 2 unspecified atom stereocenters. The van der Waals surface area contributed by atoms with Gasteiger partial charge in [-0.15, -0.1) is 0 Å². The van der Waals surface area contributed by atoms with Gasteiger partial charge in [0.05, 0.1) is 30.5 Å². The van der Waals surface area contributed by atoms with Crippen LogP contribution in [0.1, 0.15) is 129 Å². The number of aromatic hydroxyl groups is 1. The van der Waals surface area contributed by atoms with Crippen molar-refractivity contribution in [3.05, 3.63) is 29.8 Å². The van der Waals surface area contributed by atoms with E-state index in [-0.39, 0.29) is 56.8 Å². The van der Waals surface area contributed by atoms with Crippen molar-refractivity contribution in [3.8, 4) is 5.75 Å². The Morgan fingerprint density at radius 1 is 0.709 bits per heavy atom. The predicted octanol–water partition coefficient (Wildman–Crippen LogP) is -3.98. The molecule has 3 aliphatic heterocycles. The van der Waals surface area contributed by atoms with Gasteiger partial charge in [0.1, 0.15) is 60.4 Å². The Morgan fingerprint density at radius 3 is 1.94 bits per heavy atom. The number of benzene rings is 1. The highest BCUT2D eigenvalue weighted by molar-refractivity contribution is 5.98. The lowest BCUT2D eigenvalue weighted by molar-refractivity contribution is -0.148. The highest BCUT2D eigenvalue weighted by atomic mass is 16.4. The molecule has 21 N–H and O–H groups in total. The standard InChI is InChI=1S/C52H88N10O15.H3NO/c1-5-28(2)24-29(3)12-10-8-6-7-9-11-13-39(69)56-34-26-38(68)46(55-22-21-54)60-50(75)43-37(67)19-23-61(43)52(77)41(36(66)18-20-53)58-49(74)42(45(71)44(70)31-14-16-32(64)17-15-31)59-48(73)35-25-33(65)27-62(35)51(76)40(30(4)63)57-47(34)72;1-2/h14-17,28-30,33-38,40-46,55,63-68,70-71H,5-13,18-27,53-54H2,1-4H3,(H,56,69)(H,57,72)(H,58,74)(H,59,73)(H,60,75);2H,1H2/t28?,29?,30-,33-,34+,35+,36+,37+,38-,40+,41+,42+,43+,44+,45+,46-;/m1./s1. The molecular formula is C52H91N11O16. The topological polar surface area (TPSA) is 458 Å². The smallest absolute Gasteiger partial charge is 0.248 e. The Bertz CT molecular complexity index is 2080. The van der Waals surface area contributed by atoms with E-state index in [9.17, 15) is 74.4 Å². The zero-order valence-corrected chi connectivity index (χ0v) is 46.0. The van der Waals surface area contributed by atoms with Crippen LogP contribution < -0.4 is 49.3 Å². The van der Waals surface area contributed by atoms with Gasteiger partial charge in [0, 0.05) is 45.4 Å². The number of carbonyl (C=O) groups is 7. The first-order valence-electron chi connectivity index (χ1n) is 27.6. The van der Waals surface area contributed by atoms with Crippen LogP contribution in [0.15, 0.2) is 24.3 Å². The van der Waals surface area contributed by atoms with Crippen molar-refractivity contribution in [2.75, 3.05) is 32.7 Å². The zero-order chi connectivity index (χ0) is 59.1. The monoisotopic (exact) mass is 1130 g/mol. The van der Waals surface area contributed by atoms with Crippen LogP contribution in [-0.2, 0) is 33.6 Å². The number of aliphatic hydroxyl groups is 7. The molecule has 3 aliphatic rings. The minimum Gasteiger partial charge on any atom is -0.508 e. The number of rotatable bonds is 23. The lowest BCUT2D eigenvalue weighted by atomic mass is 9.91. The van der Waals surface area contributed by atoms with Crippen LogP contribution in [0, 0.1) is 11.8 Å². The number of phenols is 1. The molecule has 16 atom stereocenters. The van der Waals surface area contributed by atoms with Crippen LogP contribution >= 0.6 is 0 Å². The first kappa shape index (κ1) is 68.1. The number of unbranched alkanes of at least 4 members (excludes halogenated alkanes) is 5. The fraction of sp³-hybridized carbons (Fsp3) is 0.750. The van der Waals surface area contributed by atoms with Crippen molar-refractivity contribution in [2.45, 2.75) is 203 Å². The maximum atomic E-state index is 14.6. The number of carbonyl (C=O) groups excluding carboxylic acids is 7. The number of nitrogens with one attached hydrogen (secondary N) is 6. The van der Waals surface area contributed by atoms with Crippen LogP contribution in [0.25, 0.3) is 0 Å². The zero-order valence-electron chi connectivity index (χ0n) is 46.0. The molecule has 1 aromatic carbocycles. The van der Waals surface area contributed by atoms with Gasteiger partial charge >= 0.3 is 0 Å². The van der Waals surface area contributed by atoms with Crippen molar-refractivity contribution in [3.63, 3.8) is 0 Å². The Balaban J connectivity index is 0.00000810. The Kier molecular flexibility index (Phi) is 29.5. The second-order valence-corrected chi connectivity index (χ2v) is 21.3. The van der Waals surface area contributed by atoms with Gasteiger partial charge in [0.25, 0.3) is 0 Å². The number of nitrogens with two attached hydrogens (primary N) is 3. The Labute approximate surface area is 461 Å². The van der Waals surface area contributed by atoms with Gasteiger partial charge in [-0.05, 0) is 68.7 Å². The summed E-state index contributed by atoms with van der Waals surface area (Å²) in [7, 11) is 0. The van der Waals surface area contributed by atoms with Gasteiger partial charge in [-0.1, -0.05) is 77.8 Å². The summed E-state index contributed by atoms with van der Waals surface area (Å²) in [6.45, 7) is 6.73. The molecule has 0 aromatic heterocycles. The van der Waals surface area contributed by atoms with E-state index in [2.05, 4.69) is 58.6 Å². The molecule has 4 rings (SSSR count). The highest BCUT2D eigenvalue weighted by Gasteiger charge is 2.49. The maximum absolute atomic E-state index is 14.6. The van der Waals surface area contributed by atoms with Crippen LogP contribution in [0.2, 0.25) is 0 Å². The quantitative estimate of drug-likeness (QED) is 0.0367. The SMILES string of the molecule is CCC(C)CC(C)CCCCCCCCC(=O)N[C@H]1C[C@@H](O)[C@H](NCCN)NC(=O)[C@@H]2[C@@H](O)CCN2C(=O)[C@H]([C@@H](O)CCN)NC(=O)[C@H]([C@H](O)[C@@H](O)c2ccc(O)cc2)NC(=O)[C@@H]2C[C@@H](O)CN2C(=O)[C@H]([C@@H](C)O)NC1=O.NO. The van der Waals surface area contributed by atoms with Crippen molar-refractivity contribution in [1.82, 2.24) is 41.7 Å². The number of hydrogen-bond donors (Lipinski definition) is 18. The summed E-state index contributed by atoms with van der Waals surface area (Å²) in [5.74, 6) is -2.93. The maximum Gasteiger partial charge on any atom is 0.248 e. The first-order chi connectivity index (χ1) is 37.5. The number of fused-ring (bicyclic) bond motifs is 2. The molecule has 0 radical (unpaired) electrons. The largest absolute Gasteiger partial charge is 0.508 e. The van der Waals surface area contributed by atoms with E-state index in [1.807, 2.05) is 0 Å². The van der Waals surface area contributed by atoms with E-state index < -0.39 is 146 Å². The van der Waals surface area contributed by atoms with Crippen LogP contribution in [0.5, 0.6) is 5.75 Å². The third-order valence-corrected chi connectivity index (χ3v) is 14.9. The molecule has 1 aromatic rings. The molecular weight excluding hydrogens is 1030 g/mol. The first-order valence-corrected chi connectivity index (χ1v) is 27.6. The second-order valence-electron chi connectivity index (χ2n) is 21.3. The van der Waals surface area contributed by atoms with Gasteiger partial charge in [-0.2, -0.15) is 0 Å². The minimum absolute atomic E-state index is 0.0257. The summed E-state index contributed by atoms with van der Waals surface area (Å²) < 4.78 is 0. The average molecular weight is 1130 g/mol. The number of nitrogens with zero attached hydrogens (tertiary/aromatic N) is 2. The summed E-state index contributed by atoms with van der Waals surface area (Å²) in [6, 6.07) is -6.40. The van der Waals surface area contributed by atoms with Gasteiger partial charge in [0.2, 0.25) is 41.4 Å².